The van der Waals surface area contributed by atoms with Crippen molar-refractivity contribution in [2.45, 2.75) is 49.3 Å². The van der Waals surface area contributed by atoms with E-state index in [-0.39, 0.29) is 24.0 Å². The fourth-order valence-corrected chi connectivity index (χ4v) is 3.97. The van der Waals surface area contributed by atoms with Crippen LogP contribution >= 0.6 is 0 Å². The summed E-state index contributed by atoms with van der Waals surface area (Å²) in [5.74, 6) is -0.393. The van der Waals surface area contributed by atoms with Gasteiger partial charge in [-0.15, -0.1) is 0 Å². The Morgan fingerprint density at radius 3 is 2.58 bits per heavy atom. The maximum Gasteiger partial charge on any atom is 0.308 e. The van der Waals surface area contributed by atoms with Crippen LogP contribution in [0.4, 0.5) is 0 Å². The van der Waals surface area contributed by atoms with Crippen LogP contribution in [0.3, 0.4) is 0 Å². The van der Waals surface area contributed by atoms with Crippen molar-refractivity contribution in [2.75, 3.05) is 13.7 Å². The largest absolute Gasteiger partial charge is 0.469 e. The number of carbonyl (C=O) groups is 1. The first-order valence-electron chi connectivity index (χ1n) is 7.78. The zero-order valence-electron chi connectivity index (χ0n) is 13.8. The molecule has 1 aliphatic rings. The number of nitrogens with one attached hydrogen (secondary N) is 1. The maximum absolute atomic E-state index is 12.5. The Bertz CT molecular complexity index is 658. The molecular formula is C16H23NO6S. The molecule has 0 bridgehead atoms. The van der Waals surface area contributed by atoms with E-state index < -0.39 is 28.1 Å². The van der Waals surface area contributed by atoms with Gasteiger partial charge < -0.3 is 14.6 Å². The molecular weight excluding hydrogens is 334 g/mol. The van der Waals surface area contributed by atoms with Gasteiger partial charge in [-0.1, -0.05) is 17.7 Å². The molecule has 8 heteroatoms. The lowest BCUT2D eigenvalue weighted by molar-refractivity contribution is -0.149. The van der Waals surface area contributed by atoms with E-state index in [1.54, 1.807) is 12.1 Å². The molecule has 2 N–H and O–H groups in total. The van der Waals surface area contributed by atoms with Crippen molar-refractivity contribution in [3.05, 3.63) is 29.8 Å². The molecule has 1 heterocycles. The topological polar surface area (TPSA) is 102 Å². The van der Waals surface area contributed by atoms with Crippen LogP contribution in [0.15, 0.2) is 29.2 Å². The first-order valence-corrected chi connectivity index (χ1v) is 9.26. The molecule has 1 aromatic rings. The summed E-state index contributed by atoms with van der Waals surface area (Å²) in [6, 6.07) is 5.98. The van der Waals surface area contributed by atoms with E-state index in [2.05, 4.69) is 9.46 Å². The third-order valence-electron chi connectivity index (χ3n) is 4.06. The minimum atomic E-state index is -3.70. The third-order valence-corrected chi connectivity index (χ3v) is 5.56. The summed E-state index contributed by atoms with van der Waals surface area (Å²) in [6.07, 6.45) is -0.0156. The fourth-order valence-electron chi connectivity index (χ4n) is 2.67. The SMILES string of the molecule is COC(=O)C[C@H]1CC[C@@H](NS(=O)(=O)c2ccc(C)cc2)[C@@H](CO)O1. The summed E-state index contributed by atoms with van der Waals surface area (Å²) in [5, 5.41) is 9.50. The van der Waals surface area contributed by atoms with Crippen molar-refractivity contribution in [1.82, 2.24) is 4.72 Å². The van der Waals surface area contributed by atoms with Gasteiger partial charge in [-0.25, -0.2) is 13.1 Å². The van der Waals surface area contributed by atoms with Gasteiger partial charge >= 0.3 is 5.97 Å². The Morgan fingerprint density at radius 1 is 1.33 bits per heavy atom. The number of sulfonamides is 1. The van der Waals surface area contributed by atoms with Crippen molar-refractivity contribution in [3.63, 3.8) is 0 Å². The van der Waals surface area contributed by atoms with Crippen LogP contribution in [0.25, 0.3) is 0 Å². The van der Waals surface area contributed by atoms with Crippen LogP contribution in [0, 0.1) is 6.92 Å². The monoisotopic (exact) mass is 357 g/mol. The number of esters is 1. The molecule has 0 aromatic heterocycles. The van der Waals surface area contributed by atoms with E-state index in [0.717, 1.165) is 5.56 Å². The second-order valence-corrected chi connectivity index (χ2v) is 7.59. The van der Waals surface area contributed by atoms with Gasteiger partial charge in [-0.05, 0) is 31.9 Å². The van der Waals surface area contributed by atoms with Gasteiger partial charge in [-0.3, -0.25) is 4.79 Å². The van der Waals surface area contributed by atoms with Crippen molar-refractivity contribution in [1.29, 1.82) is 0 Å². The normalized spacial score (nSPS) is 24.5. The van der Waals surface area contributed by atoms with Crippen LogP contribution in [0.1, 0.15) is 24.8 Å². The standard InChI is InChI=1S/C16H23NO6S/c1-11-3-6-13(7-4-11)24(20,21)17-14-8-5-12(9-16(19)22-2)23-15(14)10-18/h3-4,6-7,12,14-15,17-18H,5,8-10H2,1-2H3/t12-,14-,15-/m1/s1. The van der Waals surface area contributed by atoms with Gasteiger partial charge in [0.25, 0.3) is 0 Å². The molecule has 1 aliphatic heterocycles. The predicted molar refractivity (Wildman–Crippen MR) is 86.9 cm³/mol. The lowest BCUT2D eigenvalue weighted by Crippen LogP contribution is -2.51. The molecule has 1 fully saturated rings. The molecule has 0 amide bonds. The summed E-state index contributed by atoms with van der Waals surface area (Å²) < 4.78 is 37.8. The number of rotatable bonds is 6. The van der Waals surface area contributed by atoms with Crippen LogP contribution in [0.2, 0.25) is 0 Å². The molecule has 0 aliphatic carbocycles. The summed E-state index contributed by atoms with van der Waals surface area (Å²) >= 11 is 0. The molecule has 2 rings (SSSR count). The second kappa shape index (κ2) is 8.06. The Hall–Kier alpha value is -1.48. The zero-order chi connectivity index (χ0) is 17.7. The van der Waals surface area contributed by atoms with Crippen molar-refractivity contribution in [2.24, 2.45) is 0 Å². The highest BCUT2D eigenvalue weighted by atomic mass is 32.2. The molecule has 1 aromatic carbocycles. The lowest BCUT2D eigenvalue weighted by Gasteiger charge is -2.35. The Balaban J connectivity index is 2.04. The number of hydrogen-bond donors (Lipinski definition) is 2. The summed E-state index contributed by atoms with van der Waals surface area (Å²) in [4.78, 5) is 11.5. The predicted octanol–water partition coefficient (Wildman–Crippen LogP) is 0.745. The molecule has 24 heavy (non-hydrogen) atoms. The third kappa shape index (κ3) is 4.76. The number of aryl methyl sites for hydroxylation is 1. The molecule has 0 spiro atoms. The van der Waals surface area contributed by atoms with E-state index in [9.17, 15) is 18.3 Å². The average Bonchev–Trinajstić information content (AvgIpc) is 2.56. The summed E-state index contributed by atoms with van der Waals surface area (Å²) in [7, 11) is -2.40. The van der Waals surface area contributed by atoms with Crippen LogP contribution in [-0.2, 0) is 24.3 Å². The van der Waals surface area contributed by atoms with Gasteiger partial charge in [0.05, 0.1) is 43.3 Å². The first kappa shape index (κ1) is 18.9. The van der Waals surface area contributed by atoms with E-state index in [4.69, 9.17) is 4.74 Å². The number of benzene rings is 1. The van der Waals surface area contributed by atoms with Gasteiger partial charge in [0.1, 0.15) is 0 Å². The van der Waals surface area contributed by atoms with Gasteiger partial charge in [0, 0.05) is 0 Å². The smallest absolute Gasteiger partial charge is 0.308 e. The van der Waals surface area contributed by atoms with Crippen molar-refractivity contribution >= 4 is 16.0 Å². The number of hydrogen-bond acceptors (Lipinski definition) is 6. The number of aliphatic hydroxyl groups is 1. The molecule has 3 atom stereocenters. The molecule has 0 radical (unpaired) electrons. The van der Waals surface area contributed by atoms with Crippen LogP contribution in [-0.4, -0.2) is 51.5 Å². The zero-order valence-corrected chi connectivity index (χ0v) is 14.6. The summed E-state index contributed by atoms with van der Waals surface area (Å²) in [6.45, 7) is 1.54. The number of aliphatic hydroxyl groups excluding tert-OH is 1. The molecule has 134 valence electrons. The number of methoxy groups -OCH3 is 1. The van der Waals surface area contributed by atoms with Gasteiger partial charge in [0.15, 0.2) is 0 Å². The second-order valence-electron chi connectivity index (χ2n) is 5.88. The Kier molecular flexibility index (Phi) is 6.34. The summed E-state index contributed by atoms with van der Waals surface area (Å²) in [5.41, 5.74) is 0.967. The van der Waals surface area contributed by atoms with E-state index in [1.165, 1.54) is 19.2 Å². The lowest BCUT2D eigenvalue weighted by atomic mass is 9.98. The van der Waals surface area contributed by atoms with Crippen LogP contribution in [0.5, 0.6) is 0 Å². The highest BCUT2D eigenvalue weighted by Gasteiger charge is 2.34. The maximum atomic E-state index is 12.5. The van der Waals surface area contributed by atoms with E-state index in [0.29, 0.717) is 12.8 Å². The van der Waals surface area contributed by atoms with Crippen molar-refractivity contribution in [3.8, 4) is 0 Å². The minimum Gasteiger partial charge on any atom is -0.469 e. The van der Waals surface area contributed by atoms with E-state index >= 15 is 0 Å². The van der Waals surface area contributed by atoms with Crippen molar-refractivity contribution < 1.29 is 27.8 Å². The highest BCUT2D eigenvalue weighted by molar-refractivity contribution is 7.89. The van der Waals surface area contributed by atoms with Crippen LogP contribution < -0.4 is 4.72 Å². The van der Waals surface area contributed by atoms with E-state index in [1.807, 2.05) is 6.92 Å². The first-order chi connectivity index (χ1) is 11.4. The number of carbonyl (C=O) groups excluding carboxylic acids is 1. The minimum absolute atomic E-state index is 0.0877. The molecule has 7 nitrogen and oxygen atoms in total. The van der Waals surface area contributed by atoms with Gasteiger partial charge in [0.2, 0.25) is 10.0 Å². The molecule has 0 unspecified atom stereocenters. The number of ether oxygens (including phenoxy) is 2. The van der Waals surface area contributed by atoms with Gasteiger partial charge in [-0.2, -0.15) is 0 Å². The quantitative estimate of drug-likeness (QED) is 0.728. The Morgan fingerprint density at radius 2 is 2.00 bits per heavy atom. The fraction of sp³-hybridized carbons (Fsp3) is 0.562. The molecule has 1 saturated heterocycles. The highest BCUT2D eigenvalue weighted by Crippen LogP contribution is 2.24. The molecule has 0 saturated carbocycles. The Labute approximate surface area is 142 Å². The average molecular weight is 357 g/mol.